The Hall–Kier alpha value is -2.32. The number of nitrogens with zero attached hydrogens (tertiary/aromatic N) is 2. The lowest BCUT2D eigenvalue weighted by Crippen LogP contribution is -2.02. The lowest BCUT2D eigenvalue weighted by Gasteiger charge is -2.10. The Labute approximate surface area is 125 Å². The summed E-state index contributed by atoms with van der Waals surface area (Å²) >= 11 is 3.44. The van der Waals surface area contributed by atoms with Gasteiger partial charge in [-0.2, -0.15) is 5.26 Å². The van der Waals surface area contributed by atoms with E-state index in [0.717, 1.165) is 4.47 Å². The smallest absolute Gasteiger partial charge is 0.119 e. The Morgan fingerprint density at radius 2 is 2.20 bits per heavy atom. The van der Waals surface area contributed by atoms with Crippen LogP contribution in [0.1, 0.15) is 11.1 Å². The van der Waals surface area contributed by atoms with Crippen LogP contribution < -0.4 is 10.5 Å². The first kappa shape index (κ1) is 14.1. The number of nitrogens with two attached hydrogens (primary N) is 1. The van der Waals surface area contributed by atoms with E-state index in [-0.39, 0.29) is 0 Å². The number of rotatable bonds is 3. The monoisotopic (exact) mass is 329 g/mol. The van der Waals surface area contributed by atoms with Gasteiger partial charge in [-0.15, -0.1) is 0 Å². The van der Waals surface area contributed by atoms with Crippen LogP contribution in [0.25, 0.3) is 11.3 Å². The molecular formula is C15H12BrN3O. The zero-order valence-electron chi connectivity index (χ0n) is 10.8. The van der Waals surface area contributed by atoms with Gasteiger partial charge in [0.2, 0.25) is 0 Å². The molecule has 0 bridgehead atoms. The van der Waals surface area contributed by atoms with Gasteiger partial charge in [-0.05, 0) is 24.3 Å². The summed E-state index contributed by atoms with van der Waals surface area (Å²) in [5.41, 5.74) is 8.31. The molecule has 0 fully saturated rings. The number of benzene rings is 1. The van der Waals surface area contributed by atoms with Gasteiger partial charge in [0.1, 0.15) is 11.8 Å². The van der Waals surface area contributed by atoms with Crippen molar-refractivity contribution in [3.63, 3.8) is 0 Å². The molecule has 0 radical (unpaired) electrons. The summed E-state index contributed by atoms with van der Waals surface area (Å²) in [4.78, 5) is 4.01. The van der Waals surface area contributed by atoms with Crippen LogP contribution in [0.4, 0.5) is 0 Å². The summed E-state index contributed by atoms with van der Waals surface area (Å²) in [5, 5.41) is 9.37. The Kier molecular flexibility index (Phi) is 4.38. The molecule has 0 aliphatic carbocycles. The number of nitriles is 1. The quantitative estimate of drug-likeness (QED) is 0.877. The van der Waals surface area contributed by atoms with Gasteiger partial charge in [0.15, 0.2) is 0 Å². The molecule has 0 aliphatic rings. The number of methoxy groups -OCH3 is 1. The minimum Gasteiger partial charge on any atom is -0.497 e. The van der Waals surface area contributed by atoms with Gasteiger partial charge < -0.3 is 10.5 Å². The fourth-order valence-corrected chi connectivity index (χ4v) is 2.22. The van der Waals surface area contributed by atoms with E-state index in [2.05, 4.69) is 27.0 Å². The minimum atomic E-state index is 0.381. The number of halogens is 1. The Morgan fingerprint density at radius 1 is 1.40 bits per heavy atom. The van der Waals surface area contributed by atoms with Crippen LogP contribution in [0.3, 0.4) is 0 Å². The molecule has 1 heterocycles. The average Bonchev–Trinajstić information content (AvgIpc) is 2.49. The fraction of sp³-hybridized carbons (Fsp3) is 0.0667. The number of pyridine rings is 1. The summed E-state index contributed by atoms with van der Waals surface area (Å²) in [7, 11) is 1.58. The van der Waals surface area contributed by atoms with Gasteiger partial charge in [-0.25, -0.2) is 0 Å². The van der Waals surface area contributed by atoms with Crippen molar-refractivity contribution >= 4 is 27.2 Å². The molecule has 2 aromatic rings. The highest BCUT2D eigenvalue weighted by molar-refractivity contribution is 9.10. The third kappa shape index (κ3) is 2.81. The van der Waals surface area contributed by atoms with Crippen LogP contribution in [0.5, 0.6) is 5.75 Å². The number of allylic oxidation sites excluding steroid dienone is 1. The summed E-state index contributed by atoms with van der Waals surface area (Å²) < 4.78 is 5.98. The van der Waals surface area contributed by atoms with E-state index in [1.54, 1.807) is 37.7 Å². The normalized spacial score (nSPS) is 11.4. The minimum absolute atomic E-state index is 0.381. The zero-order chi connectivity index (χ0) is 14.5. The maximum atomic E-state index is 9.37. The molecule has 0 saturated carbocycles. The van der Waals surface area contributed by atoms with Gasteiger partial charge in [0.25, 0.3) is 0 Å². The maximum absolute atomic E-state index is 9.37. The molecule has 100 valence electrons. The first-order valence-electron chi connectivity index (χ1n) is 5.81. The third-order valence-electron chi connectivity index (χ3n) is 2.80. The second-order valence-electron chi connectivity index (χ2n) is 3.99. The standard InChI is InChI=1S/C15H12BrN3O/c1-20-11-4-5-14(16)12(7-11)15(18)13(8-17)10-3-2-6-19-9-10/h2-7,9H,18H2,1H3/b15-13+. The Balaban J connectivity index is 2.61. The van der Waals surface area contributed by atoms with Crippen LogP contribution in [-0.4, -0.2) is 12.1 Å². The second-order valence-corrected chi connectivity index (χ2v) is 4.84. The SMILES string of the molecule is COc1ccc(Br)c(/C(N)=C(/C#N)c2cccnc2)c1. The van der Waals surface area contributed by atoms with Crippen molar-refractivity contribution in [1.29, 1.82) is 5.26 Å². The van der Waals surface area contributed by atoms with Gasteiger partial charge in [0, 0.05) is 28.0 Å². The topological polar surface area (TPSA) is 71.9 Å². The van der Waals surface area contributed by atoms with Crippen molar-refractivity contribution < 1.29 is 4.74 Å². The van der Waals surface area contributed by atoms with Crippen LogP contribution >= 0.6 is 15.9 Å². The molecule has 0 aliphatic heterocycles. The molecule has 2 rings (SSSR count). The van der Waals surface area contributed by atoms with E-state index < -0.39 is 0 Å². The molecule has 1 aromatic heterocycles. The predicted molar refractivity (Wildman–Crippen MR) is 81.5 cm³/mol. The number of hydrogen-bond donors (Lipinski definition) is 1. The number of ether oxygens (including phenoxy) is 1. The number of hydrogen-bond acceptors (Lipinski definition) is 4. The van der Waals surface area contributed by atoms with Crippen LogP contribution in [0.15, 0.2) is 47.2 Å². The van der Waals surface area contributed by atoms with E-state index in [1.165, 1.54) is 0 Å². The van der Waals surface area contributed by atoms with Gasteiger partial charge in [-0.1, -0.05) is 22.0 Å². The Morgan fingerprint density at radius 3 is 2.80 bits per heavy atom. The highest BCUT2D eigenvalue weighted by Crippen LogP contribution is 2.30. The third-order valence-corrected chi connectivity index (χ3v) is 3.49. The van der Waals surface area contributed by atoms with Gasteiger partial charge in [0.05, 0.1) is 18.4 Å². The fourth-order valence-electron chi connectivity index (χ4n) is 1.76. The molecule has 0 saturated heterocycles. The van der Waals surface area contributed by atoms with Crippen LogP contribution in [0.2, 0.25) is 0 Å². The van der Waals surface area contributed by atoms with E-state index in [9.17, 15) is 5.26 Å². The average molecular weight is 330 g/mol. The molecule has 4 nitrogen and oxygen atoms in total. The van der Waals surface area contributed by atoms with Crippen molar-refractivity contribution in [2.24, 2.45) is 5.73 Å². The largest absolute Gasteiger partial charge is 0.497 e. The molecule has 20 heavy (non-hydrogen) atoms. The number of aromatic nitrogens is 1. The predicted octanol–water partition coefficient (Wildman–Crippen LogP) is 3.20. The lowest BCUT2D eigenvalue weighted by atomic mass is 10.0. The van der Waals surface area contributed by atoms with E-state index >= 15 is 0 Å². The van der Waals surface area contributed by atoms with Crippen LogP contribution in [0, 0.1) is 11.3 Å². The summed E-state index contributed by atoms with van der Waals surface area (Å²) in [6.45, 7) is 0. The molecule has 2 N–H and O–H groups in total. The molecule has 0 spiro atoms. The maximum Gasteiger partial charge on any atom is 0.119 e. The van der Waals surface area contributed by atoms with E-state index in [4.69, 9.17) is 10.5 Å². The van der Waals surface area contributed by atoms with Crippen molar-refractivity contribution in [3.8, 4) is 11.8 Å². The van der Waals surface area contributed by atoms with Gasteiger partial charge in [-0.3, -0.25) is 4.98 Å². The van der Waals surface area contributed by atoms with Crippen molar-refractivity contribution in [2.75, 3.05) is 7.11 Å². The van der Waals surface area contributed by atoms with Crippen molar-refractivity contribution in [2.45, 2.75) is 0 Å². The first-order valence-corrected chi connectivity index (χ1v) is 6.61. The molecule has 1 aromatic carbocycles. The second kappa shape index (κ2) is 6.22. The molecule has 0 unspecified atom stereocenters. The summed E-state index contributed by atoms with van der Waals surface area (Å²) in [6, 6.07) is 11.1. The molecule has 0 amide bonds. The zero-order valence-corrected chi connectivity index (χ0v) is 12.4. The van der Waals surface area contributed by atoms with E-state index in [0.29, 0.717) is 28.1 Å². The summed E-state index contributed by atoms with van der Waals surface area (Å²) in [6.07, 6.45) is 3.26. The van der Waals surface area contributed by atoms with Crippen LogP contribution in [-0.2, 0) is 0 Å². The highest BCUT2D eigenvalue weighted by Gasteiger charge is 2.12. The first-order chi connectivity index (χ1) is 9.67. The van der Waals surface area contributed by atoms with Crippen molar-refractivity contribution in [3.05, 3.63) is 58.3 Å². The Bertz CT molecular complexity index is 690. The van der Waals surface area contributed by atoms with Gasteiger partial charge >= 0.3 is 0 Å². The van der Waals surface area contributed by atoms with Crippen molar-refractivity contribution in [1.82, 2.24) is 4.98 Å². The van der Waals surface area contributed by atoms with E-state index in [1.807, 2.05) is 12.1 Å². The molecule has 5 heteroatoms. The summed E-state index contributed by atoms with van der Waals surface area (Å²) in [5.74, 6) is 0.676. The highest BCUT2D eigenvalue weighted by atomic mass is 79.9. The molecular weight excluding hydrogens is 318 g/mol. The molecule has 0 atom stereocenters. The lowest BCUT2D eigenvalue weighted by molar-refractivity contribution is 0.414.